The Balaban J connectivity index is 1.57. The fourth-order valence-corrected chi connectivity index (χ4v) is 3.16. The van der Waals surface area contributed by atoms with Crippen LogP contribution in [-0.2, 0) is 19.5 Å². The summed E-state index contributed by atoms with van der Waals surface area (Å²) in [4.78, 5) is 13.3. The molecule has 0 fully saturated rings. The number of hydrogen-bond donors (Lipinski definition) is 2. The van der Waals surface area contributed by atoms with Crippen molar-refractivity contribution in [3.05, 3.63) is 58.3 Å². The Kier molecular flexibility index (Phi) is 3.09. The quantitative estimate of drug-likeness (QED) is 0.714. The fourth-order valence-electron chi connectivity index (χ4n) is 2.99. The third kappa shape index (κ3) is 2.50. The van der Waals surface area contributed by atoms with Crippen molar-refractivity contribution in [3.63, 3.8) is 0 Å². The van der Waals surface area contributed by atoms with Crippen LogP contribution in [0.25, 0.3) is 10.9 Å². The molecule has 4 nitrogen and oxygen atoms in total. The van der Waals surface area contributed by atoms with Gasteiger partial charge in [-0.2, -0.15) is 0 Å². The average molecular weight is 296 g/mol. The first kappa shape index (κ1) is 12.7. The molecule has 0 bridgehead atoms. The van der Waals surface area contributed by atoms with Crippen LogP contribution in [0.2, 0.25) is 0 Å². The van der Waals surface area contributed by atoms with Gasteiger partial charge in [0.15, 0.2) is 4.77 Å². The van der Waals surface area contributed by atoms with Gasteiger partial charge in [-0.05, 0) is 41.7 Å². The summed E-state index contributed by atoms with van der Waals surface area (Å²) in [6, 6.07) is 10.6. The van der Waals surface area contributed by atoms with Gasteiger partial charge in [-0.25, -0.2) is 4.98 Å². The van der Waals surface area contributed by atoms with Gasteiger partial charge in [0.05, 0.1) is 0 Å². The van der Waals surface area contributed by atoms with E-state index in [0.29, 0.717) is 4.77 Å². The van der Waals surface area contributed by atoms with Gasteiger partial charge in [0.2, 0.25) is 0 Å². The largest absolute Gasteiger partial charge is 0.357 e. The summed E-state index contributed by atoms with van der Waals surface area (Å²) < 4.78 is 0.571. The molecule has 0 aliphatic carbocycles. The minimum absolute atomic E-state index is 0.571. The van der Waals surface area contributed by atoms with E-state index >= 15 is 0 Å². The van der Waals surface area contributed by atoms with Crippen molar-refractivity contribution in [1.82, 2.24) is 19.9 Å². The van der Waals surface area contributed by atoms with E-state index in [1.807, 2.05) is 6.20 Å². The molecule has 0 unspecified atom stereocenters. The lowest BCUT2D eigenvalue weighted by atomic mass is 10.1. The lowest BCUT2D eigenvalue weighted by Crippen LogP contribution is -2.31. The van der Waals surface area contributed by atoms with E-state index in [-0.39, 0.29) is 0 Å². The zero-order valence-corrected chi connectivity index (χ0v) is 12.4. The molecular formula is C16H16N4S. The van der Waals surface area contributed by atoms with Crippen molar-refractivity contribution in [1.29, 1.82) is 0 Å². The van der Waals surface area contributed by atoms with E-state index < -0.39 is 0 Å². The highest BCUT2D eigenvalue weighted by Gasteiger charge is 2.17. The first-order chi connectivity index (χ1) is 10.3. The maximum Gasteiger partial charge on any atom is 0.196 e. The van der Waals surface area contributed by atoms with Gasteiger partial charge < -0.3 is 9.97 Å². The zero-order valence-electron chi connectivity index (χ0n) is 11.6. The average Bonchev–Trinajstić information content (AvgIpc) is 2.89. The van der Waals surface area contributed by atoms with Crippen LogP contribution in [0.5, 0.6) is 0 Å². The predicted molar refractivity (Wildman–Crippen MR) is 85.5 cm³/mol. The van der Waals surface area contributed by atoms with E-state index in [1.54, 1.807) is 0 Å². The van der Waals surface area contributed by atoms with Crippen molar-refractivity contribution in [2.45, 2.75) is 19.5 Å². The molecule has 106 valence electrons. The van der Waals surface area contributed by atoms with Crippen LogP contribution in [0, 0.1) is 4.77 Å². The first-order valence-electron chi connectivity index (χ1n) is 7.14. The van der Waals surface area contributed by atoms with Crippen molar-refractivity contribution >= 4 is 23.1 Å². The van der Waals surface area contributed by atoms with Crippen LogP contribution in [0.15, 0.2) is 36.5 Å². The molecule has 0 amide bonds. The third-order valence-electron chi connectivity index (χ3n) is 4.04. The number of nitrogens with zero attached hydrogens (tertiary/aromatic N) is 2. The topological polar surface area (TPSA) is 47.7 Å². The summed E-state index contributed by atoms with van der Waals surface area (Å²) in [5, 5.41) is 1.27. The van der Waals surface area contributed by atoms with E-state index in [0.717, 1.165) is 26.1 Å². The number of rotatable bonds is 2. The highest BCUT2D eigenvalue weighted by atomic mass is 32.1. The van der Waals surface area contributed by atoms with E-state index in [1.165, 1.54) is 27.9 Å². The Hall–Kier alpha value is -1.98. The number of nitrogens with one attached hydrogen (secondary N) is 2. The highest BCUT2D eigenvalue weighted by Crippen LogP contribution is 2.20. The molecule has 0 radical (unpaired) electrons. The Morgan fingerprint density at radius 1 is 1.24 bits per heavy atom. The predicted octanol–water partition coefficient (Wildman–Crippen LogP) is 3.18. The maximum atomic E-state index is 5.12. The Morgan fingerprint density at radius 3 is 3.05 bits per heavy atom. The van der Waals surface area contributed by atoms with Crippen LogP contribution in [0.4, 0.5) is 0 Å². The van der Waals surface area contributed by atoms with Crippen molar-refractivity contribution in [3.8, 4) is 0 Å². The lowest BCUT2D eigenvalue weighted by Gasteiger charge is -2.27. The second-order valence-corrected chi connectivity index (χ2v) is 5.92. The molecule has 5 heteroatoms. The molecular weight excluding hydrogens is 280 g/mol. The molecule has 0 saturated heterocycles. The highest BCUT2D eigenvalue weighted by molar-refractivity contribution is 7.71. The number of para-hydroxylation sites is 1. The van der Waals surface area contributed by atoms with Gasteiger partial charge in [-0.1, -0.05) is 18.2 Å². The van der Waals surface area contributed by atoms with Crippen LogP contribution in [0.1, 0.15) is 17.0 Å². The fraction of sp³-hybridized carbons (Fsp3) is 0.250. The van der Waals surface area contributed by atoms with Gasteiger partial charge in [-0.15, -0.1) is 0 Å². The lowest BCUT2D eigenvalue weighted by molar-refractivity contribution is 0.238. The van der Waals surface area contributed by atoms with E-state index in [9.17, 15) is 0 Å². The van der Waals surface area contributed by atoms with Crippen molar-refractivity contribution < 1.29 is 0 Å². The number of fused-ring (bicyclic) bond motifs is 2. The molecule has 3 aromatic rings. The molecule has 1 aromatic carbocycles. The normalized spacial score (nSPS) is 15.2. The van der Waals surface area contributed by atoms with Crippen LogP contribution >= 0.6 is 12.2 Å². The molecule has 21 heavy (non-hydrogen) atoms. The molecule has 2 aromatic heterocycles. The molecule has 1 aliphatic rings. The summed E-state index contributed by atoms with van der Waals surface area (Å²) >= 11 is 5.12. The van der Waals surface area contributed by atoms with Gasteiger partial charge >= 0.3 is 0 Å². The Labute approximate surface area is 127 Å². The monoisotopic (exact) mass is 296 g/mol. The van der Waals surface area contributed by atoms with Gasteiger partial charge in [0.25, 0.3) is 0 Å². The summed E-state index contributed by atoms with van der Waals surface area (Å²) in [6.45, 7) is 2.88. The Bertz CT molecular complexity index is 816. The van der Waals surface area contributed by atoms with Crippen LogP contribution < -0.4 is 0 Å². The summed E-state index contributed by atoms with van der Waals surface area (Å²) in [7, 11) is 0. The molecule has 2 N–H and O–H groups in total. The summed E-state index contributed by atoms with van der Waals surface area (Å²) in [6.07, 6.45) is 2.93. The second-order valence-electron chi connectivity index (χ2n) is 5.53. The molecule has 4 rings (SSSR count). The summed E-state index contributed by atoms with van der Waals surface area (Å²) in [5.41, 5.74) is 4.95. The number of benzene rings is 1. The Morgan fingerprint density at radius 2 is 2.14 bits per heavy atom. The SMILES string of the molecule is S=c1ncc2c([nH]1)CN(Cc1cc3ccccc3[nH]1)CC2. The van der Waals surface area contributed by atoms with E-state index in [2.05, 4.69) is 50.2 Å². The number of hydrogen-bond acceptors (Lipinski definition) is 3. The second kappa shape index (κ2) is 5.09. The smallest absolute Gasteiger partial charge is 0.196 e. The van der Waals surface area contributed by atoms with Crippen molar-refractivity contribution in [2.75, 3.05) is 6.54 Å². The third-order valence-corrected chi connectivity index (χ3v) is 4.25. The number of aromatic amines is 2. The van der Waals surface area contributed by atoms with E-state index in [4.69, 9.17) is 12.2 Å². The minimum Gasteiger partial charge on any atom is -0.357 e. The van der Waals surface area contributed by atoms with Crippen molar-refractivity contribution in [2.24, 2.45) is 0 Å². The number of H-pyrrole nitrogens is 2. The standard InChI is InChI=1S/C16H16N4S/c21-16-17-8-12-5-6-20(10-15(12)19-16)9-13-7-11-3-1-2-4-14(11)18-13/h1-4,7-8,18H,5-6,9-10H2,(H,17,19,21). The minimum atomic E-state index is 0.571. The van der Waals surface area contributed by atoms with Crippen LogP contribution in [-0.4, -0.2) is 26.4 Å². The number of aromatic nitrogens is 3. The molecule has 3 heterocycles. The van der Waals surface area contributed by atoms with Gasteiger partial charge in [0, 0.05) is 42.7 Å². The molecule has 1 aliphatic heterocycles. The van der Waals surface area contributed by atoms with Gasteiger partial charge in [-0.3, -0.25) is 4.90 Å². The molecule has 0 saturated carbocycles. The first-order valence-corrected chi connectivity index (χ1v) is 7.55. The van der Waals surface area contributed by atoms with Gasteiger partial charge in [0.1, 0.15) is 0 Å². The molecule has 0 spiro atoms. The summed E-state index contributed by atoms with van der Waals surface area (Å²) in [5.74, 6) is 0. The molecule has 0 atom stereocenters. The van der Waals surface area contributed by atoms with Crippen LogP contribution in [0.3, 0.4) is 0 Å². The zero-order chi connectivity index (χ0) is 14.2. The maximum absolute atomic E-state index is 5.12.